The summed E-state index contributed by atoms with van der Waals surface area (Å²) in [6.45, 7) is 6.29. The maximum atomic E-state index is 11.4. The monoisotopic (exact) mass is 363 g/mol. The molecule has 0 radical (unpaired) electrons. The largest absolute Gasteiger partial charge is 0.482 e. The van der Waals surface area contributed by atoms with Gasteiger partial charge in [0.05, 0.1) is 7.11 Å². The van der Waals surface area contributed by atoms with Gasteiger partial charge in [0.1, 0.15) is 5.75 Å². The topological polar surface area (TPSA) is 78.6 Å². The summed E-state index contributed by atoms with van der Waals surface area (Å²) in [6.07, 6.45) is 6.68. The molecule has 0 bridgehead atoms. The van der Waals surface area contributed by atoms with Crippen molar-refractivity contribution in [3.05, 3.63) is 29.3 Å². The number of aryl methyl sites for hydroxylation is 1. The smallest absolute Gasteiger partial charge is 0.343 e. The van der Waals surface area contributed by atoms with Gasteiger partial charge in [0.15, 0.2) is 6.61 Å². The third kappa shape index (κ3) is 8.37. The predicted octanol–water partition coefficient (Wildman–Crippen LogP) is 3.90. The van der Waals surface area contributed by atoms with E-state index in [0.29, 0.717) is 6.42 Å². The van der Waals surface area contributed by atoms with Crippen molar-refractivity contribution in [2.24, 2.45) is 5.73 Å². The summed E-state index contributed by atoms with van der Waals surface area (Å²) in [6, 6.07) is 6.27. The van der Waals surface area contributed by atoms with Crippen LogP contribution in [0.1, 0.15) is 70.4 Å². The second-order valence-electron chi connectivity index (χ2n) is 7.68. The third-order valence-corrected chi connectivity index (χ3v) is 4.32. The van der Waals surface area contributed by atoms with Crippen LogP contribution in [0, 0.1) is 0 Å². The van der Waals surface area contributed by atoms with Crippen LogP contribution in [0.5, 0.6) is 5.75 Å². The van der Waals surface area contributed by atoms with Crippen LogP contribution < -0.4 is 10.5 Å². The zero-order chi connectivity index (χ0) is 19.6. The van der Waals surface area contributed by atoms with Crippen LogP contribution in [0.2, 0.25) is 0 Å². The Morgan fingerprint density at radius 1 is 1.04 bits per heavy atom. The first kappa shape index (κ1) is 22.0. The molecule has 0 saturated carbocycles. The van der Waals surface area contributed by atoms with Gasteiger partial charge < -0.3 is 15.2 Å². The Kier molecular flexibility index (Phi) is 9.17. The highest BCUT2D eigenvalue weighted by atomic mass is 16.6. The van der Waals surface area contributed by atoms with Gasteiger partial charge in [-0.15, -0.1) is 0 Å². The average Bonchev–Trinajstić information content (AvgIpc) is 2.57. The molecule has 2 N–H and O–H groups in total. The molecule has 146 valence electrons. The van der Waals surface area contributed by atoms with Crippen molar-refractivity contribution in [2.75, 3.05) is 13.7 Å². The molecule has 1 aromatic rings. The number of benzene rings is 1. The van der Waals surface area contributed by atoms with Crippen molar-refractivity contribution in [1.82, 2.24) is 0 Å². The number of esters is 1. The molecule has 1 aromatic carbocycles. The molecule has 0 spiro atoms. The van der Waals surface area contributed by atoms with Gasteiger partial charge in [-0.05, 0) is 41.9 Å². The molecule has 0 aliphatic carbocycles. The number of carbonyl (C=O) groups excluding carboxylic acids is 2. The molecule has 1 rings (SSSR count). The lowest BCUT2D eigenvalue weighted by molar-refractivity contribution is -0.142. The van der Waals surface area contributed by atoms with Crippen LogP contribution in [-0.4, -0.2) is 25.6 Å². The van der Waals surface area contributed by atoms with Gasteiger partial charge in [0.2, 0.25) is 5.91 Å². The van der Waals surface area contributed by atoms with Crippen LogP contribution >= 0.6 is 0 Å². The molecular weight excluding hydrogens is 330 g/mol. The molecule has 5 heteroatoms. The van der Waals surface area contributed by atoms with Crippen molar-refractivity contribution in [2.45, 2.75) is 71.1 Å². The highest BCUT2D eigenvalue weighted by Crippen LogP contribution is 2.32. The summed E-state index contributed by atoms with van der Waals surface area (Å²) in [4.78, 5) is 22.1. The van der Waals surface area contributed by atoms with E-state index in [0.717, 1.165) is 49.8 Å². The molecule has 0 fully saturated rings. The minimum absolute atomic E-state index is 0.0651. The second-order valence-corrected chi connectivity index (χ2v) is 7.68. The van der Waals surface area contributed by atoms with Gasteiger partial charge in [-0.25, -0.2) is 4.79 Å². The van der Waals surface area contributed by atoms with Crippen molar-refractivity contribution < 1.29 is 19.1 Å². The van der Waals surface area contributed by atoms with Crippen LogP contribution in [0.25, 0.3) is 0 Å². The highest BCUT2D eigenvalue weighted by Gasteiger charge is 2.20. The number of amides is 1. The van der Waals surface area contributed by atoms with E-state index >= 15 is 0 Å². The highest BCUT2D eigenvalue weighted by molar-refractivity contribution is 5.73. The summed E-state index contributed by atoms with van der Waals surface area (Å²) in [5, 5.41) is 0. The predicted molar refractivity (Wildman–Crippen MR) is 103 cm³/mol. The molecule has 0 atom stereocenters. The van der Waals surface area contributed by atoms with Crippen molar-refractivity contribution >= 4 is 11.9 Å². The number of hydrogen-bond donors (Lipinski definition) is 1. The minimum atomic E-state index is -0.383. The van der Waals surface area contributed by atoms with E-state index in [-0.39, 0.29) is 23.9 Å². The molecule has 0 aliphatic rings. The number of nitrogens with two attached hydrogens (primary N) is 1. The molecule has 0 unspecified atom stereocenters. The average molecular weight is 363 g/mol. The van der Waals surface area contributed by atoms with E-state index in [2.05, 4.69) is 37.6 Å². The van der Waals surface area contributed by atoms with Gasteiger partial charge >= 0.3 is 5.97 Å². The summed E-state index contributed by atoms with van der Waals surface area (Å²) < 4.78 is 10.4. The van der Waals surface area contributed by atoms with Crippen molar-refractivity contribution in [1.29, 1.82) is 0 Å². The Bertz CT molecular complexity index is 590. The molecular formula is C21H33NO4. The molecule has 0 heterocycles. The van der Waals surface area contributed by atoms with E-state index in [4.69, 9.17) is 10.5 Å². The van der Waals surface area contributed by atoms with Crippen LogP contribution in [0.3, 0.4) is 0 Å². The Hall–Kier alpha value is -2.04. The Balaban J connectivity index is 2.58. The minimum Gasteiger partial charge on any atom is -0.482 e. The lowest BCUT2D eigenvalue weighted by Gasteiger charge is -2.23. The summed E-state index contributed by atoms with van der Waals surface area (Å²) >= 11 is 0. The number of primary amides is 1. The second kappa shape index (κ2) is 10.8. The number of unbranched alkanes of at least 4 members (excludes halogenated alkanes) is 4. The summed E-state index contributed by atoms with van der Waals surface area (Å²) in [5.41, 5.74) is 7.36. The van der Waals surface area contributed by atoms with Crippen molar-refractivity contribution in [3.63, 3.8) is 0 Å². The van der Waals surface area contributed by atoms with Crippen LogP contribution in [-0.2, 0) is 26.2 Å². The normalized spacial score (nSPS) is 11.2. The van der Waals surface area contributed by atoms with Gasteiger partial charge in [-0.1, -0.05) is 52.2 Å². The number of ether oxygens (including phenoxy) is 2. The Morgan fingerprint density at radius 3 is 2.31 bits per heavy atom. The van der Waals surface area contributed by atoms with Gasteiger partial charge in [0, 0.05) is 6.42 Å². The first-order chi connectivity index (χ1) is 12.2. The fraction of sp³-hybridized carbons (Fsp3) is 0.619. The maximum Gasteiger partial charge on any atom is 0.343 e. The number of carbonyl (C=O) groups is 2. The number of methoxy groups -OCH3 is 1. The Labute approximate surface area is 157 Å². The van der Waals surface area contributed by atoms with E-state index in [1.165, 1.54) is 12.7 Å². The SMILES string of the molecule is COC(=O)COc1cc(CCCCCCCC(N)=O)ccc1C(C)(C)C. The lowest BCUT2D eigenvalue weighted by atomic mass is 9.85. The van der Waals surface area contributed by atoms with Crippen molar-refractivity contribution in [3.8, 4) is 5.75 Å². The summed E-state index contributed by atoms with van der Waals surface area (Å²) in [5.74, 6) is 0.150. The van der Waals surface area contributed by atoms with E-state index < -0.39 is 0 Å². The zero-order valence-corrected chi connectivity index (χ0v) is 16.6. The van der Waals surface area contributed by atoms with E-state index in [1.54, 1.807) is 0 Å². The first-order valence-electron chi connectivity index (χ1n) is 9.35. The van der Waals surface area contributed by atoms with Crippen LogP contribution in [0.15, 0.2) is 18.2 Å². The fourth-order valence-electron chi connectivity index (χ4n) is 2.82. The quantitative estimate of drug-likeness (QED) is 0.478. The van der Waals surface area contributed by atoms with E-state index in [9.17, 15) is 9.59 Å². The maximum absolute atomic E-state index is 11.4. The first-order valence-corrected chi connectivity index (χ1v) is 9.35. The summed E-state index contributed by atoms with van der Waals surface area (Å²) in [7, 11) is 1.36. The Morgan fingerprint density at radius 2 is 1.69 bits per heavy atom. The lowest BCUT2D eigenvalue weighted by Crippen LogP contribution is -2.17. The third-order valence-electron chi connectivity index (χ3n) is 4.32. The molecule has 0 aliphatic heterocycles. The standard InChI is InChI=1S/C21H33NO4/c1-21(2,3)17-13-12-16(14-18(17)26-15-20(24)25-4)10-8-6-5-7-9-11-19(22)23/h12-14H,5-11,15H2,1-4H3,(H2,22,23). The molecule has 0 saturated heterocycles. The molecule has 5 nitrogen and oxygen atoms in total. The van der Waals surface area contributed by atoms with Gasteiger partial charge in [-0.2, -0.15) is 0 Å². The van der Waals surface area contributed by atoms with Gasteiger partial charge in [-0.3, -0.25) is 4.79 Å². The van der Waals surface area contributed by atoms with E-state index in [1.807, 2.05) is 6.07 Å². The molecule has 1 amide bonds. The van der Waals surface area contributed by atoms with Gasteiger partial charge in [0.25, 0.3) is 0 Å². The fourth-order valence-corrected chi connectivity index (χ4v) is 2.82. The molecule has 0 aromatic heterocycles. The number of rotatable bonds is 11. The molecule has 26 heavy (non-hydrogen) atoms. The van der Waals surface area contributed by atoms with Crippen LogP contribution in [0.4, 0.5) is 0 Å². The number of hydrogen-bond acceptors (Lipinski definition) is 4. The zero-order valence-electron chi connectivity index (χ0n) is 16.6.